The van der Waals surface area contributed by atoms with Crippen LogP contribution in [0.3, 0.4) is 0 Å². The van der Waals surface area contributed by atoms with Gasteiger partial charge in [0.05, 0.1) is 11.5 Å². The number of carbonyl (C=O) groups is 1. The Labute approximate surface area is 116 Å². The van der Waals surface area contributed by atoms with Gasteiger partial charge < -0.3 is 15.2 Å². The summed E-state index contributed by atoms with van der Waals surface area (Å²) in [7, 11) is 1.66. The van der Waals surface area contributed by atoms with Gasteiger partial charge in [0.15, 0.2) is 0 Å². The second-order valence-corrected chi connectivity index (χ2v) is 6.88. The first-order valence-electron chi connectivity index (χ1n) is 7.20. The largest absolute Gasteiger partial charge is 0.392 e. The number of aliphatic hydroxyl groups is 1. The molecule has 0 aromatic rings. The normalized spacial score (nSPS) is 19.3. The van der Waals surface area contributed by atoms with Crippen molar-refractivity contribution in [3.8, 4) is 0 Å². The van der Waals surface area contributed by atoms with Crippen molar-refractivity contribution in [3.63, 3.8) is 0 Å². The first-order valence-corrected chi connectivity index (χ1v) is 7.20. The van der Waals surface area contributed by atoms with Gasteiger partial charge in [-0.1, -0.05) is 27.7 Å². The van der Waals surface area contributed by atoms with Crippen LogP contribution in [0.4, 0.5) is 0 Å². The molecule has 1 unspecified atom stereocenters. The van der Waals surface area contributed by atoms with Gasteiger partial charge in [0.2, 0.25) is 5.91 Å². The molecule has 19 heavy (non-hydrogen) atoms. The van der Waals surface area contributed by atoms with Crippen LogP contribution in [0.5, 0.6) is 0 Å². The fourth-order valence-corrected chi connectivity index (χ4v) is 2.54. The molecule has 1 saturated carbocycles. The van der Waals surface area contributed by atoms with E-state index in [1.807, 2.05) is 27.7 Å². The van der Waals surface area contributed by atoms with E-state index in [1.54, 1.807) is 7.11 Å². The van der Waals surface area contributed by atoms with Crippen molar-refractivity contribution < 1.29 is 14.6 Å². The minimum Gasteiger partial charge on any atom is -0.392 e. The van der Waals surface area contributed by atoms with Crippen LogP contribution in [0.2, 0.25) is 0 Å². The molecule has 1 amide bonds. The summed E-state index contributed by atoms with van der Waals surface area (Å²) in [5.41, 5.74) is -0.504. The van der Waals surface area contributed by atoms with Gasteiger partial charge in [-0.2, -0.15) is 0 Å². The van der Waals surface area contributed by atoms with Gasteiger partial charge in [-0.3, -0.25) is 4.79 Å². The molecule has 112 valence electrons. The third kappa shape index (κ3) is 4.18. The number of hydrogen-bond donors (Lipinski definition) is 2. The molecular formula is C15H29NO3. The molecule has 0 aromatic carbocycles. The highest BCUT2D eigenvalue weighted by molar-refractivity contribution is 5.85. The molecule has 1 aliphatic carbocycles. The molecule has 4 nitrogen and oxygen atoms in total. The van der Waals surface area contributed by atoms with Crippen molar-refractivity contribution in [1.29, 1.82) is 0 Å². The molecular weight excluding hydrogens is 242 g/mol. The van der Waals surface area contributed by atoms with E-state index in [4.69, 9.17) is 4.74 Å². The summed E-state index contributed by atoms with van der Waals surface area (Å²) in [5, 5.41) is 13.2. The molecule has 1 fully saturated rings. The molecule has 1 aliphatic rings. The van der Waals surface area contributed by atoms with Crippen molar-refractivity contribution in [2.24, 2.45) is 16.7 Å². The lowest BCUT2D eigenvalue weighted by Gasteiger charge is -2.33. The predicted octanol–water partition coefficient (Wildman–Crippen LogP) is 1.96. The Morgan fingerprint density at radius 2 is 2.00 bits per heavy atom. The zero-order chi connectivity index (χ0) is 14.7. The zero-order valence-corrected chi connectivity index (χ0v) is 13.0. The third-order valence-electron chi connectivity index (χ3n) is 4.26. The average Bonchev–Trinajstić information content (AvgIpc) is 3.13. The van der Waals surface area contributed by atoms with Crippen LogP contribution in [0.25, 0.3) is 0 Å². The quantitative estimate of drug-likeness (QED) is 0.709. The highest BCUT2D eigenvalue weighted by Gasteiger charge is 2.49. The molecule has 4 heteroatoms. The Balaban J connectivity index is 2.46. The van der Waals surface area contributed by atoms with Crippen LogP contribution in [0.1, 0.15) is 47.0 Å². The maximum atomic E-state index is 12.2. The van der Waals surface area contributed by atoms with Gasteiger partial charge >= 0.3 is 0 Å². The number of aliphatic hydroxyl groups excluding tert-OH is 1. The van der Waals surface area contributed by atoms with Gasteiger partial charge in [-0.25, -0.2) is 0 Å². The summed E-state index contributed by atoms with van der Waals surface area (Å²) in [4.78, 5) is 12.2. The Morgan fingerprint density at radius 1 is 1.42 bits per heavy atom. The Hall–Kier alpha value is -0.610. The van der Waals surface area contributed by atoms with Crippen LogP contribution in [0.15, 0.2) is 0 Å². The predicted molar refractivity (Wildman–Crippen MR) is 75.8 cm³/mol. The maximum Gasteiger partial charge on any atom is 0.226 e. The van der Waals surface area contributed by atoms with Crippen molar-refractivity contribution in [1.82, 2.24) is 5.32 Å². The van der Waals surface area contributed by atoms with Crippen LogP contribution in [-0.2, 0) is 9.53 Å². The molecule has 0 aliphatic heterocycles. The number of ether oxygens (including phenoxy) is 1. The molecule has 1 rings (SSSR count). The number of amides is 1. The van der Waals surface area contributed by atoms with E-state index in [1.165, 1.54) is 0 Å². The van der Waals surface area contributed by atoms with E-state index in [2.05, 4.69) is 5.32 Å². The van der Waals surface area contributed by atoms with E-state index >= 15 is 0 Å². The highest BCUT2D eigenvalue weighted by Crippen LogP contribution is 2.49. The second kappa shape index (κ2) is 6.23. The first kappa shape index (κ1) is 16.4. The van der Waals surface area contributed by atoms with Crippen LogP contribution in [-0.4, -0.2) is 37.4 Å². The lowest BCUT2D eigenvalue weighted by atomic mass is 9.80. The van der Waals surface area contributed by atoms with Crippen LogP contribution in [0, 0.1) is 16.7 Å². The van der Waals surface area contributed by atoms with Gasteiger partial charge in [-0.05, 0) is 25.2 Å². The van der Waals surface area contributed by atoms with Crippen LogP contribution < -0.4 is 5.32 Å². The second-order valence-electron chi connectivity index (χ2n) is 6.88. The minimum absolute atomic E-state index is 0.119. The van der Waals surface area contributed by atoms with Crippen LogP contribution >= 0.6 is 0 Å². The zero-order valence-electron chi connectivity index (χ0n) is 13.0. The number of nitrogens with one attached hydrogen (secondary N) is 1. The van der Waals surface area contributed by atoms with E-state index in [9.17, 15) is 9.90 Å². The van der Waals surface area contributed by atoms with Crippen molar-refractivity contribution in [2.75, 3.05) is 20.3 Å². The summed E-state index contributed by atoms with van der Waals surface area (Å²) >= 11 is 0. The Bertz CT molecular complexity index is 309. The fraction of sp³-hybridized carbons (Fsp3) is 0.933. The molecule has 0 saturated heterocycles. The Kier molecular flexibility index (Phi) is 5.39. The number of carbonyl (C=O) groups excluding carboxylic acids is 1. The van der Waals surface area contributed by atoms with E-state index < -0.39 is 6.10 Å². The van der Waals surface area contributed by atoms with E-state index in [0.29, 0.717) is 13.2 Å². The lowest BCUT2D eigenvalue weighted by Crippen LogP contribution is -2.45. The highest BCUT2D eigenvalue weighted by atomic mass is 16.5. The topological polar surface area (TPSA) is 58.6 Å². The number of methoxy groups -OCH3 is 1. The van der Waals surface area contributed by atoms with Gasteiger partial charge in [0.1, 0.15) is 0 Å². The molecule has 2 N–H and O–H groups in total. The number of hydrogen-bond acceptors (Lipinski definition) is 3. The van der Waals surface area contributed by atoms with Gasteiger partial charge in [0.25, 0.3) is 0 Å². The smallest absolute Gasteiger partial charge is 0.226 e. The fourth-order valence-electron chi connectivity index (χ4n) is 2.54. The molecule has 0 aromatic heterocycles. The summed E-state index contributed by atoms with van der Waals surface area (Å²) in [6.07, 6.45) is 2.29. The minimum atomic E-state index is -0.415. The molecule has 1 atom stereocenters. The van der Waals surface area contributed by atoms with E-state index in [-0.39, 0.29) is 22.7 Å². The summed E-state index contributed by atoms with van der Waals surface area (Å²) in [6, 6.07) is 0. The molecule has 0 bridgehead atoms. The molecule has 0 spiro atoms. The SMILES string of the molecule is COCCC1(C(=O)NCC(C)(C)C(O)C(C)C)CC1. The number of rotatable bonds is 8. The maximum absolute atomic E-state index is 12.2. The molecule has 0 heterocycles. The Morgan fingerprint density at radius 3 is 2.42 bits per heavy atom. The first-order chi connectivity index (χ1) is 8.75. The van der Waals surface area contributed by atoms with Crippen molar-refractivity contribution in [3.05, 3.63) is 0 Å². The summed E-state index contributed by atoms with van der Waals surface area (Å²) in [5.74, 6) is 0.309. The lowest BCUT2D eigenvalue weighted by molar-refractivity contribution is -0.128. The average molecular weight is 271 g/mol. The standard InChI is InChI=1S/C15H29NO3/c1-11(2)12(17)14(3,4)10-16-13(18)15(6-7-15)8-9-19-5/h11-12,17H,6-10H2,1-5H3,(H,16,18). The summed E-state index contributed by atoms with van der Waals surface area (Å²) < 4.78 is 5.06. The van der Waals surface area contributed by atoms with Gasteiger partial charge in [0, 0.05) is 25.7 Å². The summed E-state index contributed by atoms with van der Waals surface area (Å²) in [6.45, 7) is 9.12. The van der Waals surface area contributed by atoms with Crippen molar-refractivity contribution in [2.45, 2.75) is 53.1 Å². The third-order valence-corrected chi connectivity index (χ3v) is 4.26. The molecule has 0 radical (unpaired) electrons. The van der Waals surface area contributed by atoms with Crippen molar-refractivity contribution >= 4 is 5.91 Å². The monoisotopic (exact) mass is 271 g/mol. The van der Waals surface area contributed by atoms with Gasteiger partial charge in [-0.15, -0.1) is 0 Å². The van der Waals surface area contributed by atoms with E-state index in [0.717, 1.165) is 19.3 Å².